The summed E-state index contributed by atoms with van der Waals surface area (Å²) >= 11 is 6.06. The van der Waals surface area contributed by atoms with E-state index in [4.69, 9.17) is 17.3 Å². The third kappa shape index (κ3) is 2.44. The number of halogens is 1. The van der Waals surface area contributed by atoms with Crippen molar-refractivity contribution in [2.45, 2.75) is 44.2 Å². The third-order valence-electron chi connectivity index (χ3n) is 4.20. The molecule has 7 heteroatoms. The number of amides is 3. The van der Waals surface area contributed by atoms with Crippen molar-refractivity contribution in [3.63, 3.8) is 0 Å². The second kappa shape index (κ2) is 5.18. The van der Waals surface area contributed by atoms with Gasteiger partial charge in [-0.25, -0.2) is 9.78 Å². The number of pyridine rings is 1. The van der Waals surface area contributed by atoms with Crippen LogP contribution in [0.4, 0.5) is 10.6 Å². The van der Waals surface area contributed by atoms with Crippen molar-refractivity contribution in [1.29, 1.82) is 0 Å². The number of rotatable bonds is 2. The first kappa shape index (κ1) is 14.1. The number of aromatic nitrogens is 1. The van der Waals surface area contributed by atoms with E-state index in [0.717, 1.165) is 19.3 Å². The number of anilines is 1. The van der Waals surface area contributed by atoms with Gasteiger partial charge in [-0.2, -0.15) is 0 Å². The highest BCUT2D eigenvalue weighted by atomic mass is 35.5. The summed E-state index contributed by atoms with van der Waals surface area (Å²) in [7, 11) is 0. The Morgan fingerprint density at radius 2 is 2.00 bits per heavy atom. The van der Waals surface area contributed by atoms with Crippen LogP contribution in [0.15, 0.2) is 12.1 Å². The summed E-state index contributed by atoms with van der Waals surface area (Å²) in [5.74, 6) is 0.140. The van der Waals surface area contributed by atoms with Crippen molar-refractivity contribution in [3.05, 3.63) is 22.8 Å². The van der Waals surface area contributed by atoms with Crippen LogP contribution in [0.3, 0.4) is 0 Å². The van der Waals surface area contributed by atoms with Crippen LogP contribution in [0.1, 0.15) is 37.8 Å². The van der Waals surface area contributed by atoms with Crippen molar-refractivity contribution >= 4 is 29.4 Å². The fourth-order valence-corrected chi connectivity index (χ4v) is 3.24. The summed E-state index contributed by atoms with van der Waals surface area (Å²) in [6, 6.07) is 2.83. The molecule has 1 saturated heterocycles. The summed E-state index contributed by atoms with van der Waals surface area (Å²) in [5.41, 5.74) is 5.35. The Balaban J connectivity index is 1.84. The number of hydrogen-bond donors (Lipinski definition) is 2. The molecule has 1 aromatic rings. The lowest BCUT2D eigenvalue weighted by Gasteiger charge is -2.30. The lowest BCUT2D eigenvalue weighted by molar-refractivity contribution is -0.132. The van der Waals surface area contributed by atoms with Gasteiger partial charge >= 0.3 is 6.03 Å². The van der Waals surface area contributed by atoms with Crippen LogP contribution >= 0.6 is 11.6 Å². The molecule has 0 bridgehead atoms. The molecular formula is C14H17ClN4O2. The van der Waals surface area contributed by atoms with E-state index in [1.165, 1.54) is 4.90 Å². The van der Waals surface area contributed by atoms with Gasteiger partial charge in [0.05, 0.1) is 17.3 Å². The number of nitrogens with one attached hydrogen (secondary N) is 1. The standard InChI is InChI=1S/C14H17ClN4O2/c15-9-4-5-11(16)17-10(9)8-19-12(20)14(18-13(19)21)6-2-1-3-7-14/h4-5H,1-3,6-8H2,(H2,16,17)(H,18,21). The zero-order valence-electron chi connectivity index (χ0n) is 11.6. The van der Waals surface area contributed by atoms with Gasteiger partial charge in [0.1, 0.15) is 11.4 Å². The number of urea groups is 1. The van der Waals surface area contributed by atoms with Crippen LogP contribution in [0.5, 0.6) is 0 Å². The molecule has 0 radical (unpaired) electrons. The van der Waals surface area contributed by atoms with Gasteiger partial charge in [-0.1, -0.05) is 30.9 Å². The number of hydrogen-bond acceptors (Lipinski definition) is 4. The molecule has 1 spiro atoms. The molecule has 3 rings (SSSR count). The number of nitrogen functional groups attached to an aromatic ring is 1. The second-order valence-corrected chi connectivity index (χ2v) is 6.04. The molecule has 0 atom stereocenters. The average molecular weight is 309 g/mol. The average Bonchev–Trinajstić information content (AvgIpc) is 2.68. The van der Waals surface area contributed by atoms with Crippen molar-refractivity contribution in [1.82, 2.24) is 15.2 Å². The summed E-state index contributed by atoms with van der Waals surface area (Å²) in [4.78, 5) is 30.1. The molecule has 1 aliphatic carbocycles. The molecule has 1 aliphatic heterocycles. The van der Waals surface area contributed by atoms with Gasteiger partial charge in [-0.3, -0.25) is 9.69 Å². The largest absolute Gasteiger partial charge is 0.384 e. The van der Waals surface area contributed by atoms with E-state index in [9.17, 15) is 9.59 Å². The SMILES string of the molecule is Nc1ccc(Cl)c(CN2C(=O)NC3(CCCCC3)C2=O)n1. The highest BCUT2D eigenvalue weighted by Gasteiger charge is 2.51. The molecule has 0 unspecified atom stereocenters. The highest BCUT2D eigenvalue weighted by Crippen LogP contribution is 2.34. The van der Waals surface area contributed by atoms with Crippen LogP contribution in [-0.2, 0) is 11.3 Å². The smallest absolute Gasteiger partial charge is 0.325 e. The van der Waals surface area contributed by atoms with Gasteiger partial charge in [-0.15, -0.1) is 0 Å². The van der Waals surface area contributed by atoms with Crippen molar-refractivity contribution in [3.8, 4) is 0 Å². The predicted octanol–water partition coefficient (Wildman–Crippen LogP) is 2.07. The van der Waals surface area contributed by atoms with E-state index in [1.807, 2.05) is 0 Å². The number of nitrogens with two attached hydrogens (primary N) is 1. The Morgan fingerprint density at radius 3 is 2.71 bits per heavy atom. The zero-order valence-corrected chi connectivity index (χ0v) is 12.3. The number of imide groups is 1. The monoisotopic (exact) mass is 308 g/mol. The normalized spacial score (nSPS) is 20.9. The maximum absolute atomic E-state index is 12.6. The summed E-state index contributed by atoms with van der Waals surface area (Å²) in [6.45, 7) is 0.0519. The summed E-state index contributed by atoms with van der Waals surface area (Å²) in [5, 5.41) is 3.26. The van der Waals surface area contributed by atoms with Gasteiger partial charge in [-0.05, 0) is 25.0 Å². The fourth-order valence-electron chi connectivity index (χ4n) is 3.08. The first-order valence-electron chi connectivity index (χ1n) is 7.07. The van der Waals surface area contributed by atoms with E-state index < -0.39 is 5.54 Å². The first-order valence-corrected chi connectivity index (χ1v) is 7.45. The Bertz CT molecular complexity index is 599. The van der Waals surface area contributed by atoms with Gasteiger partial charge in [0, 0.05) is 0 Å². The lowest BCUT2D eigenvalue weighted by Crippen LogP contribution is -2.48. The van der Waals surface area contributed by atoms with E-state index in [2.05, 4.69) is 10.3 Å². The molecule has 0 aromatic carbocycles. The topological polar surface area (TPSA) is 88.3 Å². The van der Waals surface area contributed by atoms with Crippen LogP contribution in [0, 0.1) is 0 Å². The first-order chi connectivity index (χ1) is 10.0. The fraction of sp³-hybridized carbons (Fsp3) is 0.500. The van der Waals surface area contributed by atoms with E-state index in [1.54, 1.807) is 12.1 Å². The van der Waals surface area contributed by atoms with E-state index in [0.29, 0.717) is 29.4 Å². The van der Waals surface area contributed by atoms with Crippen LogP contribution in [0.2, 0.25) is 5.02 Å². The van der Waals surface area contributed by atoms with Gasteiger partial charge in [0.25, 0.3) is 5.91 Å². The van der Waals surface area contributed by atoms with Gasteiger partial charge in [0.2, 0.25) is 0 Å². The summed E-state index contributed by atoms with van der Waals surface area (Å²) in [6.07, 6.45) is 4.42. The Labute approximate surface area is 127 Å². The number of nitrogens with zero attached hydrogens (tertiary/aromatic N) is 2. The minimum atomic E-state index is -0.720. The highest BCUT2D eigenvalue weighted by molar-refractivity contribution is 6.31. The molecule has 2 fully saturated rings. The minimum Gasteiger partial charge on any atom is -0.384 e. The Hall–Kier alpha value is -1.82. The lowest BCUT2D eigenvalue weighted by atomic mass is 9.82. The molecule has 1 aromatic heterocycles. The summed E-state index contributed by atoms with van der Waals surface area (Å²) < 4.78 is 0. The van der Waals surface area contributed by atoms with Crippen LogP contribution in [0.25, 0.3) is 0 Å². The molecule has 21 heavy (non-hydrogen) atoms. The molecule has 3 N–H and O–H groups in total. The molecule has 112 valence electrons. The Kier molecular flexibility index (Phi) is 3.49. The second-order valence-electron chi connectivity index (χ2n) is 5.63. The number of carbonyl (C=O) groups excluding carboxylic acids is 2. The van der Waals surface area contributed by atoms with Crippen LogP contribution in [-0.4, -0.2) is 27.4 Å². The minimum absolute atomic E-state index is 0.0519. The van der Waals surface area contributed by atoms with Gasteiger partial charge in [0.15, 0.2) is 0 Å². The van der Waals surface area contributed by atoms with E-state index >= 15 is 0 Å². The van der Waals surface area contributed by atoms with Crippen molar-refractivity contribution < 1.29 is 9.59 Å². The zero-order chi connectivity index (χ0) is 15.0. The maximum Gasteiger partial charge on any atom is 0.325 e. The predicted molar refractivity (Wildman–Crippen MR) is 78.6 cm³/mol. The molecule has 2 heterocycles. The van der Waals surface area contributed by atoms with E-state index in [-0.39, 0.29) is 18.5 Å². The molecular weight excluding hydrogens is 292 g/mol. The Morgan fingerprint density at radius 1 is 1.29 bits per heavy atom. The molecule has 2 aliphatic rings. The van der Waals surface area contributed by atoms with Crippen LogP contribution < -0.4 is 11.1 Å². The molecule has 1 saturated carbocycles. The third-order valence-corrected chi connectivity index (χ3v) is 4.55. The number of carbonyl (C=O) groups is 2. The van der Waals surface area contributed by atoms with Crippen molar-refractivity contribution in [2.24, 2.45) is 0 Å². The van der Waals surface area contributed by atoms with Gasteiger partial charge < -0.3 is 11.1 Å². The van der Waals surface area contributed by atoms with Crippen molar-refractivity contribution in [2.75, 3.05) is 5.73 Å². The molecule has 3 amide bonds. The maximum atomic E-state index is 12.6. The molecule has 6 nitrogen and oxygen atoms in total. The quantitative estimate of drug-likeness (QED) is 0.819.